The van der Waals surface area contributed by atoms with Crippen LogP contribution in [-0.2, 0) is 6.42 Å². The van der Waals surface area contributed by atoms with Crippen LogP contribution in [0.25, 0.3) is 10.9 Å². The highest BCUT2D eigenvalue weighted by molar-refractivity contribution is 5.86. The van der Waals surface area contributed by atoms with E-state index in [9.17, 15) is 0 Å². The van der Waals surface area contributed by atoms with Gasteiger partial charge < -0.3 is 10.8 Å². The van der Waals surface area contributed by atoms with Gasteiger partial charge >= 0.3 is 0 Å². The number of nitrogens with two attached hydrogens (primary N) is 1. The SMILES string of the molecule is Nc1ccc2[nH]ncc2c1CCO. The summed E-state index contributed by atoms with van der Waals surface area (Å²) in [6.45, 7) is 0.106. The number of aliphatic hydroxyl groups excluding tert-OH is 1. The van der Waals surface area contributed by atoms with E-state index < -0.39 is 0 Å². The molecule has 4 heteroatoms. The van der Waals surface area contributed by atoms with Crippen molar-refractivity contribution in [2.24, 2.45) is 0 Å². The maximum absolute atomic E-state index is 8.85. The average Bonchev–Trinajstić information content (AvgIpc) is 2.58. The standard InChI is InChI=1S/C9H11N3O/c10-8-1-2-9-7(5-11-12-9)6(8)3-4-13/h1-2,5,13H,3-4,10H2,(H,11,12). The number of nitrogens with zero attached hydrogens (tertiary/aromatic N) is 1. The van der Waals surface area contributed by atoms with Gasteiger partial charge in [0.1, 0.15) is 0 Å². The molecule has 0 aliphatic heterocycles. The highest BCUT2D eigenvalue weighted by Gasteiger charge is 2.05. The minimum Gasteiger partial charge on any atom is -0.398 e. The van der Waals surface area contributed by atoms with Gasteiger partial charge in [-0.05, 0) is 24.1 Å². The van der Waals surface area contributed by atoms with Crippen molar-refractivity contribution in [3.63, 3.8) is 0 Å². The van der Waals surface area contributed by atoms with Crippen molar-refractivity contribution >= 4 is 16.6 Å². The second-order valence-corrected chi connectivity index (χ2v) is 2.94. The number of aromatic nitrogens is 2. The van der Waals surface area contributed by atoms with E-state index >= 15 is 0 Å². The van der Waals surface area contributed by atoms with Crippen LogP contribution >= 0.6 is 0 Å². The molecule has 0 saturated carbocycles. The molecule has 4 N–H and O–H groups in total. The fourth-order valence-electron chi connectivity index (χ4n) is 1.48. The Bertz CT molecular complexity index is 422. The molecule has 4 nitrogen and oxygen atoms in total. The van der Waals surface area contributed by atoms with Crippen molar-refractivity contribution in [2.75, 3.05) is 12.3 Å². The topological polar surface area (TPSA) is 74.9 Å². The first kappa shape index (κ1) is 8.07. The van der Waals surface area contributed by atoms with Crippen LogP contribution in [0.4, 0.5) is 5.69 Å². The largest absolute Gasteiger partial charge is 0.398 e. The zero-order valence-corrected chi connectivity index (χ0v) is 7.12. The summed E-state index contributed by atoms with van der Waals surface area (Å²) in [7, 11) is 0. The molecule has 1 heterocycles. The average molecular weight is 177 g/mol. The molecule has 1 aromatic heterocycles. The number of rotatable bonds is 2. The first-order chi connectivity index (χ1) is 6.33. The van der Waals surface area contributed by atoms with Gasteiger partial charge in [0.15, 0.2) is 0 Å². The van der Waals surface area contributed by atoms with E-state index in [0.717, 1.165) is 16.5 Å². The molecule has 68 valence electrons. The molecule has 2 aromatic rings. The smallest absolute Gasteiger partial charge is 0.0654 e. The highest BCUT2D eigenvalue weighted by Crippen LogP contribution is 2.22. The summed E-state index contributed by atoms with van der Waals surface area (Å²) >= 11 is 0. The first-order valence-electron chi connectivity index (χ1n) is 4.14. The number of nitrogens with one attached hydrogen (secondary N) is 1. The number of H-pyrrole nitrogens is 1. The minimum absolute atomic E-state index is 0.106. The summed E-state index contributed by atoms with van der Waals surface area (Å²) in [6.07, 6.45) is 2.30. The number of benzene rings is 1. The van der Waals surface area contributed by atoms with E-state index in [1.165, 1.54) is 0 Å². The third-order valence-corrected chi connectivity index (χ3v) is 2.13. The molecule has 0 atom stereocenters. The predicted octanol–water partition coefficient (Wildman–Crippen LogP) is 0.680. The number of anilines is 1. The summed E-state index contributed by atoms with van der Waals surface area (Å²) in [4.78, 5) is 0. The first-order valence-corrected chi connectivity index (χ1v) is 4.14. The van der Waals surface area contributed by atoms with Crippen LogP contribution in [0, 0.1) is 0 Å². The second kappa shape index (κ2) is 3.06. The Balaban J connectivity index is 2.66. The zero-order chi connectivity index (χ0) is 9.26. The van der Waals surface area contributed by atoms with Crippen LogP contribution in [-0.4, -0.2) is 21.9 Å². The fraction of sp³-hybridized carbons (Fsp3) is 0.222. The van der Waals surface area contributed by atoms with Gasteiger partial charge in [0.05, 0.1) is 11.7 Å². The number of fused-ring (bicyclic) bond motifs is 1. The third kappa shape index (κ3) is 1.25. The van der Waals surface area contributed by atoms with Gasteiger partial charge in [-0.25, -0.2) is 0 Å². The quantitative estimate of drug-likeness (QED) is 0.590. The fourth-order valence-corrected chi connectivity index (χ4v) is 1.48. The molecule has 13 heavy (non-hydrogen) atoms. The molecule has 0 unspecified atom stereocenters. The van der Waals surface area contributed by atoms with Crippen LogP contribution < -0.4 is 5.73 Å². The van der Waals surface area contributed by atoms with Gasteiger partial charge in [0.25, 0.3) is 0 Å². The van der Waals surface area contributed by atoms with E-state index in [1.807, 2.05) is 12.1 Å². The number of nitrogen functional groups attached to an aromatic ring is 1. The Morgan fingerprint density at radius 3 is 3.08 bits per heavy atom. The Hall–Kier alpha value is -1.55. The van der Waals surface area contributed by atoms with Gasteiger partial charge in [0.2, 0.25) is 0 Å². The lowest BCUT2D eigenvalue weighted by molar-refractivity contribution is 0.300. The van der Waals surface area contributed by atoms with Crippen LogP contribution in [0.1, 0.15) is 5.56 Å². The lowest BCUT2D eigenvalue weighted by atomic mass is 10.1. The van der Waals surface area contributed by atoms with E-state index in [1.54, 1.807) is 6.20 Å². The highest BCUT2D eigenvalue weighted by atomic mass is 16.2. The predicted molar refractivity (Wildman–Crippen MR) is 51.3 cm³/mol. The number of aliphatic hydroxyl groups is 1. The van der Waals surface area contributed by atoms with Gasteiger partial charge in [-0.2, -0.15) is 5.10 Å². The van der Waals surface area contributed by atoms with Crippen LogP contribution in [0.2, 0.25) is 0 Å². The van der Waals surface area contributed by atoms with Crippen LogP contribution in [0.15, 0.2) is 18.3 Å². The number of aromatic amines is 1. The molecule has 0 fully saturated rings. The molecular formula is C9H11N3O. The van der Waals surface area contributed by atoms with Crippen molar-refractivity contribution in [1.82, 2.24) is 10.2 Å². The lowest BCUT2D eigenvalue weighted by Gasteiger charge is -2.04. The van der Waals surface area contributed by atoms with Crippen LogP contribution in [0.5, 0.6) is 0 Å². The van der Waals surface area contributed by atoms with Gasteiger partial charge in [-0.1, -0.05) is 0 Å². The molecular weight excluding hydrogens is 166 g/mol. The Morgan fingerprint density at radius 2 is 2.31 bits per heavy atom. The summed E-state index contributed by atoms with van der Waals surface area (Å²) < 4.78 is 0. The minimum atomic E-state index is 0.106. The van der Waals surface area contributed by atoms with Crippen molar-refractivity contribution in [3.8, 4) is 0 Å². The summed E-state index contributed by atoms with van der Waals surface area (Å²) in [5.41, 5.74) is 8.41. The van der Waals surface area contributed by atoms with E-state index in [0.29, 0.717) is 12.1 Å². The zero-order valence-electron chi connectivity index (χ0n) is 7.12. The summed E-state index contributed by atoms with van der Waals surface area (Å²) in [5, 5.41) is 16.6. The van der Waals surface area contributed by atoms with Crippen molar-refractivity contribution in [3.05, 3.63) is 23.9 Å². The van der Waals surface area contributed by atoms with Crippen molar-refractivity contribution in [2.45, 2.75) is 6.42 Å². The summed E-state index contributed by atoms with van der Waals surface area (Å²) in [5.74, 6) is 0. The molecule has 2 rings (SSSR count). The Morgan fingerprint density at radius 1 is 1.46 bits per heavy atom. The van der Waals surface area contributed by atoms with Crippen molar-refractivity contribution in [1.29, 1.82) is 0 Å². The summed E-state index contributed by atoms with van der Waals surface area (Å²) in [6, 6.07) is 3.71. The van der Waals surface area contributed by atoms with Crippen molar-refractivity contribution < 1.29 is 5.11 Å². The molecule has 0 amide bonds. The maximum atomic E-state index is 8.85. The molecule has 0 saturated heterocycles. The molecule has 0 spiro atoms. The third-order valence-electron chi connectivity index (χ3n) is 2.13. The Kier molecular flexibility index (Phi) is 1.90. The Labute approximate surface area is 75.4 Å². The molecule has 0 aliphatic carbocycles. The molecule has 0 radical (unpaired) electrons. The van der Waals surface area contributed by atoms with E-state index in [-0.39, 0.29) is 6.61 Å². The van der Waals surface area contributed by atoms with E-state index in [4.69, 9.17) is 10.8 Å². The van der Waals surface area contributed by atoms with Gasteiger partial charge in [0, 0.05) is 17.7 Å². The molecule has 1 aromatic carbocycles. The molecule has 0 bridgehead atoms. The van der Waals surface area contributed by atoms with Gasteiger partial charge in [-0.3, -0.25) is 5.10 Å². The normalized spacial score (nSPS) is 10.8. The monoisotopic (exact) mass is 177 g/mol. The number of hydrogen-bond acceptors (Lipinski definition) is 3. The van der Waals surface area contributed by atoms with Crippen LogP contribution in [0.3, 0.4) is 0 Å². The second-order valence-electron chi connectivity index (χ2n) is 2.94. The van der Waals surface area contributed by atoms with Gasteiger partial charge in [-0.15, -0.1) is 0 Å². The van der Waals surface area contributed by atoms with E-state index in [2.05, 4.69) is 10.2 Å². The maximum Gasteiger partial charge on any atom is 0.0654 e. The molecule has 0 aliphatic rings. The number of hydrogen-bond donors (Lipinski definition) is 3. The lowest BCUT2D eigenvalue weighted by Crippen LogP contribution is -1.97.